The third kappa shape index (κ3) is 6.85. The SMILES string of the molecule is CCCc1ccc(OCC(=O)N[C@H](CCSC)C(=O)O)cc1. The van der Waals surface area contributed by atoms with Crippen molar-refractivity contribution in [2.24, 2.45) is 0 Å². The second-order valence-electron chi connectivity index (χ2n) is 4.92. The molecule has 0 saturated heterocycles. The molecule has 6 heteroatoms. The summed E-state index contributed by atoms with van der Waals surface area (Å²) in [6, 6.07) is 6.71. The number of nitrogens with one attached hydrogen (secondary N) is 1. The minimum absolute atomic E-state index is 0.184. The Hall–Kier alpha value is -1.69. The van der Waals surface area contributed by atoms with E-state index in [0.717, 1.165) is 12.8 Å². The highest BCUT2D eigenvalue weighted by molar-refractivity contribution is 7.98. The van der Waals surface area contributed by atoms with E-state index in [4.69, 9.17) is 9.84 Å². The van der Waals surface area contributed by atoms with Gasteiger partial charge in [0.2, 0.25) is 0 Å². The lowest BCUT2D eigenvalue weighted by Crippen LogP contribution is -2.43. The third-order valence-electron chi connectivity index (χ3n) is 3.08. The zero-order chi connectivity index (χ0) is 16.4. The molecule has 0 aliphatic rings. The van der Waals surface area contributed by atoms with Crippen molar-refractivity contribution >= 4 is 23.6 Å². The predicted molar refractivity (Wildman–Crippen MR) is 88.5 cm³/mol. The van der Waals surface area contributed by atoms with Crippen LogP contribution in [0.2, 0.25) is 0 Å². The molecule has 0 aliphatic heterocycles. The summed E-state index contributed by atoms with van der Waals surface area (Å²) in [4.78, 5) is 22.8. The lowest BCUT2D eigenvalue weighted by atomic mass is 10.1. The summed E-state index contributed by atoms with van der Waals surface area (Å²) in [5.74, 6) is -0.166. The standard InChI is InChI=1S/C16H23NO4S/c1-3-4-12-5-7-13(8-6-12)21-11-15(18)17-14(16(19)20)9-10-22-2/h5-8,14H,3-4,9-11H2,1-2H3,(H,17,18)(H,19,20)/t14-/m1/s1. The Morgan fingerprint density at radius 3 is 2.55 bits per heavy atom. The molecule has 1 aromatic rings. The van der Waals surface area contributed by atoms with Crippen molar-refractivity contribution in [1.82, 2.24) is 5.32 Å². The molecule has 1 rings (SSSR count). The zero-order valence-electron chi connectivity index (χ0n) is 13.0. The van der Waals surface area contributed by atoms with Gasteiger partial charge in [-0.05, 0) is 42.5 Å². The van der Waals surface area contributed by atoms with Crippen molar-refractivity contribution in [3.05, 3.63) is 29.8 Å². The quantitative estimate of drug-likeness (QED) is 0.690. The molecule has 0 spiro atoms. The monoisotopic (exact) mass is 325 g/mol. The first-order valence-electron chi connectivity index (χ1n) is 7.29. The molecule has 0 aromatic heterocycles. The summed E-state index contributed by atoms with van der Waals surface area (Å²) in [6.07, 6.45) is 4.38. The number of carbonyl (C=O) groups excluding carboxylic acids is 1. The number of carbonyl (C=O) groups is 2. The van der Waals surface area contributed by atoms with E-state index in [0.29, 0.717) is 17.9 Å². The largest absolute Gasteiger partial charge is 0.484 e. The maximum atomic E-state index is 11.8. The average molecular weight is 325 g/mol. The first kappa shape index (κ1) is 18.4. The summed E-state index contributed by atoms with van der Waals surface area (Å²) >= 11 is 1.54. The number of rotatable bonds is 10. The summed E-state index contributed by atoms with van der Waals surface area (Å²) in [7, 11) is 0. The summed E-state index contributed by atoms with van der Waals surface area (Å²) in [5.41, 5.74) is 1.22. The van der Waals surface area contributed by atoms with E-state index in [2.05, 4.69) is 12.2 Å². The van der Waals surface area contributed by atoms with Crippen molar-refractivity contribution < 1.29 is 19.4 Å². The average Bonchev–Trinajstić information content (AvgIpc) is 2.50. The van der Waals surface area contributed by atoms with Crippen LogP contribution in [-0.4, -0.2) is 41.6 Å². The second-order valence-corrected chi connectivity index (χ2v) is 5.91. The molecule has 122 valence electrons. The van der Waals surface area contributed by atoms with E-state index in [1.165, 1.54) is 5.56 Å². The fraction of sp³-hybridized carbons (Fsp3) is 0.500. The molecular weight excluding hydrogens is 302 g/mol. The normalized spacial score (nSPS) is 11.7. The van der Waals surface area contributed by atoms with Crippen molar-refractivity contribution in [2.75, 3.05) is 18.6 Å². The number of thioether (sulfide) groups is 1. The first-order chi connectivity index (χ1) is 10.6. The number of carboxylic acids is 1. The van der Waals surface area contributed by atoms with Gasteiger partial charge in [-0.15, -0.1) is 0 Å². The Kier molecular flexibility index (Phi) is 8.43. The molecule has 0 bridgehead atoms. The van der Waals surface area contributed by atoms with Gasteiger partial charge in [0.05, 0.1) is 0 Å². The molecule has 22 heavy (non-hydrogen) atoms. The van der Waals surface area contributed by atoms with Gasteiger partial charge < -0.3 is 15.2 Å². The summed E-state index contributed by atoms with van der Waals surface area (Å²) in [6.45, 7) is 1.93. The lowest BCUT2D eigenvalue weighted by Gasteiger charge is -2.14. The van der Waals surface area contributed by atoms with Crippen LogP contribution in [0.4, 0.5) is 0 Å². The van der Waals surface area contributed by atoms with Crippen molar-refractivity contribution in [2.45, 2.75) is 32.2 Å². The molecule has 0 fully saturated rings. The van der Waals surface area contributed by atoms with Gasteiger partial charge in [0.1, 0.15) is 11.8 Å². The minimum Gasteiger partial charge on any atom is -0.484 e. The van der Waals surface area contributed by atoms with Gasteiger partial charge in [-0.3, -0.25) is 4.79 Å². The number of benzene rings is 1. The van der Waals surface area contributed by atoms with Gasteiger partial charge in [0, 0.05) is 0 Å². The zero-order valence-corrected chi connectivity index (χ0v) is 13.8. The van der Waals surface area contributed by atoms with E-state index in [1.807, 2.05) is 30.5 Å². The van der Waals surface area contributed by atoms with Crippen LogP contribution in [0.1, 0.15) is 25.3 Å². The van der Waals surface area contributed by atoms with Gasteiger partial charge in [0.15, 0.2) is 6.61 Å². The van der Waals surface area contributed by atoms with Crippen molar-refractivity contribution in [3.63, 3.8) is 0 Å². The van der Waals surface area contributed by atoms with Gasteiger partial charge in [-0.2, -0.15) is 11.8 Å². The Morgan fingerprint density at radius 2 is 2.00 bits per heavy atom. The second kappa shape index (κ2) is 10.1. The van der Waals surface area contributed by atoms with Gasteiger partial charge in [-0.25, -0.2) is 4.79 Å². The maximum absolute atomic E-state index is 11.8. The third-order valence-corrected chi connectivity index (χ3v) is 3.72. The minimum atomic E-state index is -1.02. The van der Waals surface area contributed by atoms with Gasteiger partial charge in [-0.1, -0.05) is 25.5 Å². The maximum Gasteiger partial charge on any atom is 0.326 e. The molecule has 1 atom stereocenters. The van der Waals surface area contributed by atoms with Crippen LogP contribution >= 0.6 is 11.8 Å². The molecule has 0 unspecified atom stereocenters. The van der Waals surface area contributed by atoms with Crippen LogP contribution in [0, 0.1) is 0 Å². The molecule has 0 aliphatic carbocycles. The summed E-state index contributed by atoms with van der Waals surface area (Å²) in [5, 5.41) is 11.5. The van der Waals surface area contributed by atoms with Gasteiger partial charge in [0.25, 0.3) is 5.91 Å². The number of aryl methyl sites for hydroxylation is 1. The molecule has 0 radical (unpaired) electrons. The van der Waals surface area contributed by atoms with Crippen LogP contribution in [0.25, 0.3) is 0 Å². The van der Waals surface area contributed by atoms with Crippen molar-refractivity contribution in [1.29, 1.82) is 0 Å². The van der Waals surface area contributed by atoms with E-state index in [9.17, 15) is 9.59 Å². The number of amides is 1. The molecule has 5 nitrogen and oxygen atoms in total. The Labute approximate surface area is 135 Å². The smallest absolute Gasteiger partial charge is 0.326 e. The lowest BCUT2D eigenvalue weighted by molar-refractivity contribution is -0.142. The van der Waals surface area contributed by atoms with E-state index in [1.54, 1.807) is 11.8 Å². The summed E-state index contributed by atoms with van der Waals surface area (Å²) < 4.78 is 5.38. The van der Waals surface area contributed by atoms with Gasteiger partial charge >= 0.3 is 5.97 Å². The number of hydrogen-bond donors (Lipinski definition) is 2. The van der Waals surface area contributed by atoms with E-state index >= 15 is 0 Å². The fourth-order valence-electron chi connectivity index (χ4n) is 1.92. The number of carboxylic acid groups (broad SMARTS) is 1. The number of aliphatic carboxylic acids is 1. The Balaban J connectivity index is 2.42. The van der Waals surface area contributed by atoms with E-state index < -0.39 is 17.9 Å². The Morgan fingerprint density at radius 1 is 1.32 bits per heavy atom. The highest BCUT2D eigenvalue weighted by Gasteiger charge is 2.19. The molecule has 1 aromatic carbocycles. The molecule has 2 N–H and O–H groups in total. The molecule has 0 heterocycles. The van der Waals surface area contributed by atoms with Crippen LogP contribution in [-0.2, 0) is 16.0 Å². The predicted octanol–water partition coefficient (Wildman–Crippen LogP) is 2.34. The first-order valence-corrected chi connectivity index (χ1v) is 8.69. The van der Waals surface area contributed by atoms with Crippen LogP contribution in [0.3, 0.4) is 0 Å². The highest BCUT2D eigenvalue weighted by atomic mass is 32.2. The van der Waals surface area contributed by atoms with Crippen LogP contribution in [0.5, 0.6) is 5.75 Å². The highest BCUT2D eigenvalue weighted by Crippen LogP contribution is 2.13. The number of hydrogen-bond acceptors (Lipinski definition) is 4. The molecule has 1 amide bonds. The Bertz CT molecular complexity index is 476. The van der Waals surface area contributed by atoms with Crippen LogP contribution in [0.15, 0.2) is 24.3 Å². The van der Waals surface area contributed by atoms with Crippen molar-refractivity contribution in [3.8, 4) is 5.75 Å². The number of ether oxygens (including phenoxy) is 1. The molecular formula is C16H23NO4S. The molecule has 0 saturated carbocycles. The fourth-order valence-corrected chi connectivity index (χ4v) is 2.39. The van der Waals surface area contributed by atoms with Crippen LogP contribution < -0.4 is 10.1 Å². The topological polar surface area (TPSA) is 75.6 Å². The van der Waals surface area contributed by atoms with E-state index in [-0.39, 0.29) is 6.61 Å².